The third kappa shape index (κ3) is 55.0. The molecule has 15 heteroatoms. The summed E-state index contributed by atoms with van der Waals surface area (Å²) in [4.78, 5) is 48.4. The normalized spacial score (nSPS) is 12.2. The van der Waals surface area contributed by atoms with Crippen LogP contribution in [-0.2, 0) is 0 Å². The van der Waals surface area contributed by atoms with Gasteiger partial charge in [0.2, 0.25) is 0 Å². The molecule has 1 fully saturated rings. The molecular weight excluding hydrogens is 1460 g/mol. The Hall–Kier alpha value is -5.73. The standard InChI is InChI=1S/C102H177N3O12/c1-7-13-19-25-31-37-43-49-55-61-67-79-109-94-76-73-91(85-97(94)112-82-70-64-58-52-46-40-34-28-22-16-10-4)115-100(106)103-88-104(101(107)116-92-74-77-95(110-80-68-62-56-50-44-38-32-26-20-14-8-2)98(86-92)113-83-71-65-59-53-47-41-35-29-23-17-11-5)90-105(89-103)102(108)117-93-75-78-96(111-81-69-63-57-51-45-39-33-27-21-15-9-3)99(87-93)114-84-72-66-60-54-48-42-36-30-24-18-12-6/h73-78,85-87H,7-72,79-84,88-90H2,1-6H3. The molecule has 1 heterocycles. The van der Waals surface area contributed by atoms with E-state index in [-0.39, 0.29) is 37.3 Å². The van der Waals surface area contributed by atoms with E-state index in [1.54, 1.807) is 36.4 Å². The van der Waals surface area contributed by atoms with Gasteiger partial charge in [-0.2, -0.15) is 0 Å². The minimum atomic E-state index is -0.786. The van der Waals surface area contributed by atoms with Crippen LogP contribution in [0, 0.1) is 0 Å². The van der Waals surface area contributed by atoms with Crippen molar-refractivity contribution in [3.8, 4) is 51.7 Å². The highest BCUT2D eigenvalue weighted by Gasteiger charge is 2.36. The fourth-order valence-electron chi connectivity index (χ4n) is 15.6. The van der Waals surface area contributed by atoms with Gasteiger partial charge in [0.15, 0.2) is 34.5 Å². The van der Waals surface area contributed by atoms with Crippen LogP contribution < -0.4 is 42.6 Å². The van der Waals surface area contributed by atoms with Gasteiger partial charge < -0.3 is 42.6 Å². The van der Waals surface area contributed by atoms with E-state index in [1.165, 1.54) is 342 Å². The zero-order chi connectivity index (χ0) is 83.4. The summed E-state index contributed by atoms with van der Waals surface area (Å²) in [5.74, 6) is 4.03. The Kier molecular flexibility index (Phi) is 66.6. The lowest BCUT2D eigenvalue weighted by Gasteiger charge is -2.40. The molecule has 1 aliphatic heterocycles. The van der Waals surface area contributed by atoms with E-state index in [4.69, 9.17) is 42.6 Å². The van der Waals surface area contributed by atoms with Gasteiger partial charge in [-0.05, 0) is 74.9 Å². The van der Waals surface area contributed by atoms with Gasteiger partial charge in [0.05, 0.1) is 39.6 Å². The Morgan fingerprint density at radius 1 is 0.197 bits per heavy atom. The third-order valence-corrected chi connectivity index (χ3v) is 23.2. The van der Waals surface area contributed by atoms with E-state index >= 15 is 0 Å². The van der Waals surface area contributed by atoms with Crippen LogP contribution >= 0.6 is 0 Å². The molecule has 15 nitrogen and oxygen atoms in total. The molecule has 4 rings (SSSR count). The second-order valence-corrected chi connectivity index (χ2v) is 34.3. The summed E-state index contributed by atoms with van der Waals surface area (Å²) in [5.41, 5.74) is 0. The zero-order valence-electron chi connectivity index (χ0n) is 76.5. The molecule has 0 bridgehead atoms. The minimum Gasteiger partial charge on any atom is -0.490 e. The van der Waals surface area contributed by atoms with E-state index in [9.17, 15) is 14.4 Å². The first-order valence-electron chi connectivity index (χ1n) is 49.8. The van der Waals surface area contributed by atoms with Gasteiger partial charge in [-0.1, -0.05) is 427 Å². The molecule has 672 valence electrons. The average Bonchev–Trinajstić information content (AvgIpc) is 0.814. The Morgan fingerprint density at radius 2 is 0.333 bits per heavy atom. The second-order valence-electron chi connectivity index (χ2n) is 34.3. The lowest BCUT2D eigenvalue weighted by molar-refractivity contribution is 0.00252. The van der Waals surface area contributed by atoms with Crippen LogP contribution in [0.2, 0.25) is 0 Å². The van der Waals surface area contributed by atoms with Crippen molar-refractivity contribution >= 4 is 18.3 Å². The molecule has 0 N–H and O–H groups in total. The van der Waals surface area contributed by atoms with Crippen LogP contribution in [0.4, 0.5) is 14.4 Å². The highest BCUT2D eigenvalue weighted by molar-refractivity contribution is 5.77. The van der Waals surface area contributed by atoms with Crippen molar-refractivity contribution in [1.82, 2.24) is 14.7 Å². The van der Waals surface area contributed by atoms with Crippen molar-refractivity contribution in [3.05, 3.63) is 54.6 Å². The first-order chi connectivity index (χ1) is 57.7. The Balaban J connectivity index is 1.58. The van der Waals surface area contributed by atoms with Gasteiger partial charge in [-0.3, -0.25) is 14.7 Å². The molecule has 0 radical (unpaired) electrons. The minimum absolute atomic E-state index is 0.239. The van der Waals surface area contributed by atoms with E-state index in [2.05, 4.69) is 41.5 Å². The van der Waals surface area contributed by atoms with Gasteiger partial charge in [-0.25, -0.2) is 14.4 Å². The number of unbranched alkanes of at least 4 members (excludes halogenated alkanes) is 60. The number of amides is 3. The maximum Gasteiger partial charge on any atom is 0.418 e. The quantitative estimate of drug-likeness (QED) is 0.0496. The van der Waals surface area contributed by atoms with Crippen LogP contribution in [0.25, 0.3) is 0 Å². The SMILES string of the molecule is CCCCCCCCCCCCCOc1ccc(OC(=O)N2CN(C(=O)Oc3ccc(OCCCCCCCCCCCCC)c(OCCCCCCCCCCCCC)c3)CN(C(=O)Oc3ccc(OCCCCCCCCCCCCC)c(OCCCCCCCCCCCCC)c3)C2)cc1OCCCCCCCCCCCCC. The van der Waals surface area contributed by atoms with E-state index in [0.717, 1.165) is 96.3 Å². The number of ether oxygens (including phenoxy) is 9. The maximum absolute atomic E-state index is 14.8. The number of carbonyl (C=O) groups is 3. The summed E-state index contributed by atoms with van der Waals surface area (Å²) in [6, 6.07) is 15.8. The van der Waals surface area contributed by atoms with Gasteiger partial charge >= 0.3 is 18.3 Å². The van der Waals surface area contributed by atoms with Crippen molar-refractivity contribution in [1.29, 1.82) is 0 Å². The van der Waals surface area contributed by atoms with Gasteiger partial charge in [0, 0.05) is 18.2 Å². The van der Waals surface area contributed by atoms with Crippen LogP contribution in [-0.4, -0.2) is 92.6 Å². The molecule has 0 unspecified atom stereocenters. The highest BCUT2D eigenvalue weighted by Crippen LogP contribution is 2.37. The lowest BCUT2D eigenvalue weighted by Crippen LogP contribution is -2.60. The molecule has 0 aliphatic carbocycles. The van der Waals surface area contributed by atoms with Crippen molar-refractivity contribution in [2.24, 2.45) is 0 Å². The fourth-order valence-corrected chi connectivity index (χ4v) is 15.6. The fraction of sp³-hybridized carbons (Fsp3) is 0.794. The summed E-state index contributed by atoms with van der Waals surface area (Å²) >= 11 is 0. The number of nitrogens with zero attached hydrogens (tertiary/aromatic N) is 3. The molecule has 0 saturated carbocycles. The average molecular weight is 1640 g/mol. The summed E-state index contributed by atoms with van der Waals surface area (Å²) in [6.07, 6.45) is 79.3. The predicted octanol–water partition coefficient (Wildman–Crippen LogP) is 32.5. The van der Waals surface area contributed by atoms with Crippen molar-refractivity contribution in [3.63, 3.8) is 0 Å². The summed E-state index contributed by atoms with van der Waals surface area (Å²) in [6.45, 7) is 16.0. The molecule has 0 aromatic heterocycles. The van der Waals surface area contributed by atoms with Gasteiger partial charge in [0.25, 0.3) is 0 Å². The first kappa shape index (κ1) is 104. The molecule has 0 atom stereocenters. The van der Waals surface area contributed by atoms with Gasteiger partial charge in [0.1, 0.15) is 37.3 Å². The molecule has 0 spiro atoms. The number of hydrogen-bond acceptors (Lipinski definition) is 12. The van der Waals surface area contributed by atoms with Crippen LogP contribution in [0.5, 0.6) is 51.7 Å². The summed E-state index contributed by atoms with van der Waals surface area (Å²) in [7, 11) is 0. The largest absolute Gasteiger partial charge is 0.490 e. The van der Waals surface area contributed by atoms with E-state index in [1.807, 2.05) is 18.2 Å². The molecule has 117 heavy (non-hydrogen) atoms. The van der Waals surface area contributed by atoms with Crippen LogP contribution in [0.3, 0.4) is 0 Å². The Bertz CT molecular complexity index is 2500. The van der Waals surface area contributed by atoms with Crippen molar-refractivity contribution in [2.45, 2.75) is 465 Å². The molecule has 1 aliphatic rings. The molecule has 1 saturated heterocycles. The number of rotatable bonds is 81. The topological polar surface area (TPSA) is 144 Å². The number of hydrogen-bond donors (Lipinski definition) is 0. The first-order valence-corrected chi connectivity index (χ1v) is 49.8. The highest BCUT2D eigenvalue weighted by atomic mass is 16.6. The Labute approximate surface area is 717 Å². The number of carbonyl (C=O) groups excluding carboxylic acids is 3. The Morgan fingerprint density at radius 3 is 0.487 bits per heavy atom. The summed E-state index contributed by atoms with van der Waals surface area (Å²) < 4.78 is 57.6. The van der Waals surface area contributed by atoms with Crippen molar-refractivity contribution in [2.75, 3.05) is 59.6 Å². The zero-order valence-corrected chi connectivity index (χ0v) is 76.5. The smallest absolute Gasteiger partial charge is 0.418 e. The van der Waals surface area contributed by atoms with E-state index < -0.39 is 18.3 Å². The van der Waals surface area contributed by atoms with Crippen LogP contribution in [0.1, 0.15) is 465 Å². The van der Waals surface area contributed by atoms with E-state index in [0.29, 0.717) is 74.1 Å². The summed E-state index contributed by atoms with van der Waals surface area (Å²) in [5, 5.41) is 0. The van der Waals surface area contributed by atoms with Crippen molar-refractivity contribution < 1.29 is 57.0 Å². The predicted molar refractivity (Wildman–Crippen MR) is 489 cm³/mol. The third-order valence-electron chi connectivity index (χ3n) is 23.2. The molecule has 3 amide bonds. The van der Waals surface area contributed by atoms with Crippen LogP contribution in [0.15, 0.2) is 54.6 Å². The monoisotopic (exact) mass is 1640 g/mol. The lowest BCUT2D eigenvalue weighted by atomic mass is 10.1. The van der Waals surface area contributed by atoms with Gasteiger partial charge in [-0.15, -0.1) is 0 Å². The number of benzene rings is 3. The molecule has 3 aromatic rings. The maximum atomic E-state index is 14.8. The molecule has 3 aromatic carbocycles. The molecular formula is C102H177N3O12. The second kappa shape index (κ2) is 75.3.